The van der Waals surface area contributed by atoms with Crippen molar-refractivity contribution in [2.24, 2.45) is 0 Å². The van der Waals surface area contributed by atoms with Crippen LogP contribution < -0.4 is 4.74 Å². The molecule has 4 nitrogen and oxygen atoms in total. The summed E-state index contributed by atoms with van der Waals surface area (Å²) in [5.41, 5.74) is 2.18. The van der Waals surface area contributed by atoms with E-state index in [4.69, 9.17) is 4.74 Å². The summed E-state index contributed by atoms with van der Waals surface area (Å²) in [4.78, 5) is 18.5. The van der Waals surface area contributed by atoms with Crippen LogP contribution in [0.25, 0.3) is 0 Å². The first-order valence-electron chi connectivity index (χ1n) is 7.97. The largest absolute Gasteiger partial charge is 0.497 e. The number of carbonyl (C=O) groups excluding carboxylic acids is 1. The van der Waals surface area contributed by atoms with Crippen molar-refractivity contribution in [1.29, 1.82) is 0 Å². The molecule has 2 aromatic rings. The van der Waals surface area contributed by atoms with E-state index in [-0.39, 0.29) is 5.91 Å². The van der Waals surface area contributed by atoms with Crippen LogP contribution in [0.5, 0.6) is 5.75 Å². The number of ether oxygens (including phenoxy) is 1. The third-order valence-electron chi connectivity index (χ3n) is 4.82. The first-order valence-corrected chi connectivity index (χ1v) is 8.85. The zero-order valence-electron chi connectivity index (χ0n) is 13.2. The second-order valence-electron chi connectivity index (χ2n) is 6.19. The molecule has 120 valence electrons. The highest BCUT2D eigenvalue weighted by molar-refractivity contribution is 7.10. The lowest BCUT2D eigenvalue weighted by Crippen LogP contribution is -2.61. The van der Waals surface area contributed by atoms with Gasteiger partial charge in [-0.3, -0.25) is 9.69 Å². The van der Waals surface area contributed by atoms with E-state index in [1.165, 1.54) is 10.4 Å². The SMILES string of the molecule is COc1cccc(C(=O)N2CC(N3CCc4sccc4C3)C2)c1. The molecule has 2 aliphatic heterocycles. The van der Waals surface area contributed by atoms with Gasteiger partial charge in [0.05, 0.1) is 7.11 Å². The molecule has 3 heterocycles. The van der Waals surface area contributed by atoms with Gasteiger partial charge in [0.25, 0.3) is 5.91 Å². The van der Waals surface area contributed by atoms with Crippen LogP contribution in [0.15, 0.2) is 35.7 Å². The van der Waals surface area contributed by atoms with E-state index in [2.05, 4.69) is 16.3 Å². The average molecular weight is 328 g/mol. The van der Waals surface area contributed by atoms with Crippen LogP contribution in [0.3, 0.4) is 0 Å². The lowest BCUT2D eigenvalue weighted by molar-refractivity contribution is 0.0220. The summed E-state index contributed by atoms with van der Waals surface area (Å²) in [5, 5.41) is 2.19. The first-order chi connectivity index (χ1) is 11.2. The minimum absolute atomic E-state index is 0.105. The van der Waals surface area contributed by atoms with Crippen molar-refractivity contribution in [2.45, 2.75) is 19.0 Å². The second-order valence-corrected chi connectivity index (χ2v) is 7.19. The van der Waals surface area contributed by atoms with Gasteiger partial charge in [0, 0.05) is 42.7 Å². The highest BCUT2D eigenvalue weighted by atomic mass is 32.1. The molecule has 4 rings (SSSR count). The van der Waals surface area contributed by atoms with Gasteiger partial charge in [-0.05, 0) is 41.6 Å². The molecule has 0 atom stereocenters. The lowest BCUT2D eigenvalue weighted by Gasteiger charge is -2.46. The van der Waals surface area contributed by atoms with Gasteiger partial charge in [0.2, 0.25) is 0 Å². The van der Waals surface area contributed by atoms with Crippen molar-refractivity contribution in [1.82, 2.24) is 9.80 Å². The highest BCUT2D eigenvalue weighted by Crippen LogP contribution is 2.28. The van der Waals surface area contributed by atoms with Crippen LogP contribution in [0, 0.1) is 0 Å². The van der Waals surface area contributed by atoms with Crippen LogP contribution in [-0.2, 0) is 13.0 Å². The molecule has 5 heteroatoms. The summed E-state index contributed by atoms with van der Waals surface area (Å²) in [5.74, 6) is 0.835. The van der Waals surface area contributed by atoms with E-state index in [0.717, 1.165) is 38.3 Å². The van der Waals surface area contributed by atoms with Gasteiger partial charge in [-0.25, -0.2) is 0 Å². The lowest BCUT2D eigenvalue weighted by atomic mass is 10.0. The fourth-order valence-corrected chi connectivity index (χ4v) is 4.26. The van der Waals surface area contributed by atoms with Crippen molar-refractivity contribution in [3.05, 3.63) is 51.7 Å². The number of fused-ring (bicyclic) bond motifs is 1. The third kappa shape index (κ3) is 2.75. The van der Waals surface area contributed by atoms with E-state index in [0.29, 0.717) is 11.6 Å². The zero-order chi connectivity index (χ0) is 15.8. The van der Waals surface area contributed by atoms with Crippen LogP contribution >= 0.6 is 11.3 Å². The molecule has 23 heavy (non-hydrogen) atoms. The van der Waals surface area contributed by atoms with Crippen molar-refractivity contribution < 1.29 is 9.53 Å². The summed E-state index contributed by atoms with van der Waals surface area (Å²) < 4.78 is 5.20. The summed E-state index contributed by atoms with van der Waals surface area (Å²) in [6.07, 6.45) is 1.15. The Labute approximate surface area is 140 Å². The molecule has 1 saturated heterocycles. The highest BCUT2D eigenvalue weighted by Gasteiger charge is 2.36. The number of hydrogen-bond donors (Lipinski definition) is 0. The fourth-order valence-electron chi connectivity index (χ4n) is 3.37. The maximum absolute atomic E-state index is 12.5. The number of carbonyl (C=O) groups is 1. The van der Waals surface area contributed by atoms with Crippen LogP contribution in [0.1, 0.15) is 20.8 Å². The zero-order valence-corrected chi connectivity index (χ0v) is 14.0. The molecule has 1 aromatic heterocycles. The molecule has 2 aliphatic rings. The monoisotopic (exact) mass is 328 g/mol. The van der Waals surface area contributed by atoms with Crippen LogP contribution in [0.4, 0.5) is 0 Å². The van der Waals surface area contributed by atoms with Crippen LogP contribution in [-0.4, -0.2) is 48.5 Å². The Morgan fingerprint density at radius 2 is 2.17 bits per heavy atom. The first kappa shape index (κ1) is 14.7. The number of thiophene rings is 1. The van der Waals surface area contributed by atoms with Crippen molar-refractivity contribution in [3.63, 3.8) is 0 Å². The maximum Gasteiger partial charge on any atom is 0.254 e. The van der Waals surface area contributed by atoms with Gasteiger partial charge in [0.15, 0.2) is 0 Å². The Morgan fingerprint density at radius 1 is 1.30 bits per heavy atom. The van der Waals surface area contributed by atoms with Gasteiger partial charge in [-0.2, -0.15) is 0 Å². The predicted molar refractivity (Wildman–Crippen MR) is 91.1 cm³/mol. The third-order valence-corrected chi connectivity index (χ3v) is 5.84. The number of nitrogens with zero attached hydrogens (tertiary/aromatic N) is 2. The maximum atomic E-state index is 12.5. The van der Waals surface area contributed by atoms with Gasteiger partial charge in [-0.1, -0.05) is 6.07 Å². The van der Waals surface area contributed by atoms with Crippen molar-refractivity contribution in [3.8, 4) is 5.75 Å². The number of benzene rings is 1. The standard InChI is InChI=1S/C18H20N2O2S/c1-22-16-4-2-3-13(9-16)18(21)20-11-15(12-20)19-7-5-17-14(10-19)6-8-23-17/h2-4,6,8-9,15H,5,7,10-12H2,1H3. The van der Waals surface area contributed by atoms with E-state index >= 15 is 0 Å². The molecule has 0 spiro atoms. The Bertz CT molecular complexity index is 721. The predicted octanol–water partition coefficient (Wildman–Crippen LogP) is 2.64. The fraction of sp³-hybridized carbons (Fsp3) is 0.389. The van der Waals surface area contributed by atoms with E-state index in [1.807, 2.05) is 40.5 Å². The molecule has 0 aliphatic carbocycles. The van der Waals surface area contributed by atoms with E-state index < -0.39 is 0 Å². The molecule has 1 fully saturated rings. The molecular weight excluding hydrogens is 308 g/mol. The number of rotatable bonds is 3. The molecule has 0 radical (unpaired) electrons. The second kappa shape index (κ2) is 5.98. The Hall–Kier alpha value is -1.85. The minimum Gasteiger partial charge on any atom is -0.497 e. The number of likely N-dealkylation sites (tertiary alicyclic amines) is 1. The van der Waals surface area contributed by atoms with E-state index in [1.54, 1.807) is 7.11 Å². The molecule has 0 bridgehead atoms. The van der Waals surface area contributed by atoms with Crippen molar-refractivity contribution in [2.75, 3.05) is 26.7 Å². The van der Waals surface area contributed by atoms with E-state index in [9.17, 15) is 4.79 Å². The Morgan fingerprint density at radius 3 is 3.00 bits per heavy atom. The quantitative estimate of drug-likeness (QED) is 0.868. The molecule has 0 unspecified atom stereocenters. The number of methoxy groups -OCH3 is 1. The molecule has 0 saturated carbocycles. The van der Waals surface area contributed by atoms with Gasteiger partial charge in [0.1, 0.15) is 5.75 Å². The summed E-state index contributed by atoms with van der Waals surface area (Å²) >= 11 is 1.87. The van der Waals surface area contributed by atoms with Crippen molar-refractivity contribution >= 4 is 17.2 Å². The Kier molecular flexibility index (Phi) is 3.83. The Balaban J connectivity index is 1.37. The molecule has 0 N–H and O–H groups in total. The van der Waals surface area contributed by atoms with Gasteiger partial charge >= 0.3 is 0 Å². The van der Waals surface area contributed by atoms with Gasteiger partial charge in [-0.15, -0.1) is 11.3 Å². The summed E-state index contributed by atoms with van der Waals surface area (Å²) in [6, 6.07) is 10.1. The molecule has 1 aromatic carbocycles. The van der Waals surface area contributed by atoms with Gasteiger partial charge < -0.3 is 9.64 Å². The average Bonchev–Trinajstić information content (AvgIpc) is 3.01. The normalized spacial score (nSPS) is 18.4. The molecular formula is C18H20N2O2S. The smallest absolute Gasteiger partial charge is 0.254 e. The number of amides is 1. The molecule has 1 amide bonds. The minimum atomic E-state index is 0.105. The summed E-state index contributed by atoms with van der Waals surface area (Å²) in [7, 11) is 1.62. The summed E-state index contributed by atoms with van der Waals surface area (Å²) in [6.45, 7) is 3.80. The number of hydrogen-bond acceptors (Lipinski definition) is 4. The topological polar surface area (TPSA) is 32.8 Å². The van der Waals surface area contributed by atoms with Crippen LogP contribution in [0.2, 0.25) is 0 Å².